The second-order valence-electron chi connectivity index (χ2n) is 4.37. The van der Waals surface area contributed by atoms with Crippen LogP contribution in [-0.4, -0.2) is 24.8 Å². The van der Waals surface area contributed by atoms with Gasteiger partial charge in [-0.1, -0.05) is 24.6 Å². The molecule has 19 heavy (non-hydrogen) atoms. The van der Waals surface area contributed by atoms with Gasteiger partial charge in [-0.05, 0) is 18.6 Å². The normalized spacial score (nSPS) is 13.2. The van der Waals surface area contributed by atoms with Crippen LogP contribution < -0.4 is 10.2 Å². The summed E-state index contributed by atoms with van der Waals surface area (Å²) in [5.74, 6) is -1.14. The van der Waals surface area contributed by atoms with E-state index in [1.54, 1.807) is 18.2 Å². The Morgan fingerprint density at radius 2 is 2.16 bits per heavy atom. The summed E-state index contributed by atoms with van der Waals surface area (Å²) in [6, 6.07) is 3.30. The average molecular weight is 279 g/mol. The first kappa shape index (κ1) is 13.6. The average Bonchev–Trinajstić information content (AvgIpc) is 2.64. The number of fused-ring (bicyclic) bond motifs is 1. The minimum atomic E-state index is -0.603. The Bertz CT molecular complexity index is 555. The van der Waals surface area contributed by atoms with E-state index in [4.69, 9.17) is 11.6 Å². The van der Waals surface area contributed by atoms with Gasteiger partial charge < -0.3 is 10.2 Å². The number of halogens is 1. The predicted octanol–water partition coefficient (Wildman–Crippen LogP) is 2.88. The quantitative estimate of drug-likeness (QED) is 0.665. The molecule has 0 spiro atoms. The van der Waals surface area contributed by atoms with Gasteiger partial charge in [0.25, 0.3) is 11.7 Å². The lowest BCUT2D eigenvalue weighted by Gasteiger charge is -2.24. The minimum Gasteiger partial charge on any atom is -0.367 e. The maximum absolute atomic E-state index is 11.6. The zero-order chi connectivity index (χ0) is 14.0. The molecule has 1 aliphatic heterocycles. The van der Waals surface area contributed by atoms with Gasteiger partial charge >= 0.3 is 0 Å². The van der Waals surface area contributed by atoms with Crippen molar-refractivity contribution in [3.8, 4) is 0 Å². The second kappa shape index (κ2) is 5.45. The van der Waals surface area contributed by atoms with E-state index in [0.29, 0.717) is 22.8 Å². The number of anilines is 2. The van der Waals surface area contributed by atoms with Crippen LogP contribution in [0.3, 0.4) is 0 Å². The molecule has 1 heterocycles. The number of carbonyl (C=O) groups excluding carboxylic acids is 2. The van der Waals surface area contributed by atoms with E-state index in [1.807, 2.05) is 0 Å². The molecule has 4 nitrogen and oxygen atoms in total. The Kier molecular flexibility index (Phi) is 3.90. The highest BCUT2D eigenvalue weighted by Crippen LogP contribution is 2.35. The van der Waals surface area contributed by atoms with Crippen LogP contribution in [-0.2, 0) is 4.79 Å². The lowest BCUT2D eigenvalue weighted by molar-refractivity contribution is -0.112. The van der Waals surface area contributed by atoms with Crippen molar-refractivity contribution in [3.05, 3.63) is 35.4 Å². The molecule has 0 atom stereocenters. The van der Waals surface area contributed by atoms with E-state index in [0.717, 1.165) is 18.7 Å². The minimum absolute atomic E-state index is 0.341. The van der Waals surface area contributed by atoms with Crippen LogP contribution in [0.25, 0.3) is 0 Å². The standard InChI is InChI=1S/C14H15ClN2O2/c1-3-5-17(6-4-2)12-8-11-9(7-10(12)15)13(18)14(19)16-11/h3,7-8H,1,4-6H2,2H3,(H,16,18,19). The largest absolute Gasteiger partial charge is 0.367 e. The van der Waals surface area contributed by atoms with Gasteiger partial charge in [0.15, 0.2) is 0 Å². The molecule has 0 radical (unpaired) electrons. The fraction of sp³-hybridized carbons (Fsp3) is 0.286. The molecule has 0 aromatic heterocycles. The van der Waals surface area contributed by atoms with E-state index >= 15 is 0 Å². The molecule has 0 saturated heterocycles. The van der Waals surface area contributed by atoms with Gasteiger partial charge in [-0.15, -0.1) is 6.58 Å². The molecule has 0 bridgehead atoms. The molecule has 0 aliphatic carbocycles. The van der Waals surface area contributed by atoms with Gasteiger partial charge in [-0.3, -0.25) is 9.59 Å². The number of benzene rings is 1. The van der Waals surface area contributed by atoms with Gasteiger partial charge in [0, 0.05) is 13.1 Å². The van der Waals surface area contributed by atoms with Crippen LogP contribution in [0, 0.1) is 0 Å². The lowest BCUT2D eigenvalue weighted by atomic mass is 10.1. The number of Topliss-reactive ketones (excluding diaryl/α,β-unsaturated/α-hetero) is 1. The van der Waals surface area contributed by atoms with Gasteiger partial charge in [-0.25, -0.2) is 0 Å². The molecule has 1 N–H and O–H groups in total. The Morgan fingerprint density at radius 1 is 1.42 bits per heavy atom. The van der Waals surface area contributed by atoms with E-state index in [9.17, 15) is 9.59 Å². The summed E-state index contributed by atoms with van der Waals surface area (Å²) < 4.78 is 0. The van der Waals surface area contributed by atoms with Crippen molar-refractivity contribution in [1.29, 1.82) is 0 Å². The molecule has 5 heteroatoms. The van der Waals surface area contributed by atoms with Crippen LogP contribution in [0.5, 0.6) is 0 Å². The topological polar surface area (TPSA) is 49.4 Å². The molecule has 0 saturated carbocycles. The summed E-state index contributed by atoms with van der Waals surface area (Å²) >= 11 is 6.22. The first-order valence-electron chi connectivity index (χ1n) is 6.13. The highest BCUT2D eigenvalue weighted by molar-refractivity contribution is 6.52. The smallest absolute Gasteiger partial charge is 0.296 e. The number of hydrogen-bond donors (Lipinski definition) is 1. The predicted molar refractivity (Wildman–Crippen MR) is 77.1 cm³/mol. The van der Waals surface area contributed by atoms with Gasteiger partial charge in [0.1, 0.15) is 0 Å². The summed E-state index contributed by atoms with van der Waals surface area (Å²) in [7, 11) is 0. The summed E-state index contributed by atoms with van der Waals surface area (Å²) in [5.41, 5.74) is 1.67. The third-order valence-electron chi connectivity index (χ3n) is 2.97. The second-order valence-corrected chi connectivity index (χ2v) is 4.77. The zero-order valence-corrected chi connectivity index (χ0v) is 11.5. The number of amides is 1. The molecule has 1 amide bonds. The summed E-state index contributed by atoms with van der Waals surface area (Å²) in [5, 5.41) is 3.03. The Balaban J connectivity index is 2.43. The summed E-state index contributed by atoms with van der Waals surface area (Å²) in [6.07, 6.45) is 2.76. The highest BCUT2D eigenvalue weighted by Gasteiger charge is 2.29. The van der Waals surface area contributed by atoms with Gasteiger partial charge in [0.2, 0.25) is 0 Å². The lowest BCUT2D eigenvalue weighted by Crippen LogP contribution is -2.24. The van der Waals surface area contributed by atoms with Crippen LogP contribution in [0.2, 0.25) is 5.02 Å². The van der Waals surface area contributed by atoms with Crippen LogP contribution in [0.15, 0.2) is 24.8 Å². The monoisotopic (exact) mass is 278 g/mol. The molecule has 0 unspecified atom stereocenters. The van der Waals surface area contributed by atoms with Crippen molar-refractivity contribution in [2.24, 2.45) is 0 Å². The third-order valence-corrected chi connectivity index (χ3v) is 3.27. The van der Waals surface area contributed by atoms with E-state index in [-0.39, 0.29) is 0 Å². The van der Waals surface area contributed by atoms with E-state index in [1.165, 1.54) is 0 Å². The van der Waals surface area contributed by atoms with Crippen molar-refractivity contribution in [1.82, 2.24) is 0 Å². The number of nitrogens with one attached hydrogen (secondary N) is 1. The first-order chi connectivity index (χ1) is 9.08. The number of hydrogen-bond acceptors (Lipinski definition) is 3. The Hall–Kier alpha value is -1.81. The van der Waals surface area contributed by atoms with Gasteiger partial charge in [0.05, 0.1) is 22.0 Å². The molecule has 1 aromatic rings. The summed E-state index contributed by atoms with van der Waals surface area (Å²) in [6.45, 7) is 7.28. The van der Waals surface area contributed by atoms with E-state index < -0.39 is 11.7 Å². The Morgan fingerprint density at radius 3 is 2.79 bits per heavy atom. The fourth-order valence-electron chi connectivity index (χ4n) is 2.13. The van der Waals surface area contributed by atoms with Crippen molar-refractivity contribution in [2.75, 3.05) is 23.3 Å². The van der Waals surface area contributed by atoms with Crippen LogP contribution in [0.1, 0.15) is 23.7 Å². The maximum Gasteiger partial charge on any atom is 0.296 e. The maximum atomic E-state index is 11.6. The SMILES string of the molecule is C=CCN(CCC)c1cc2c(cc1Cl)C(=O)C(=O)N2. The van der Waals surface area contributed by atoms with Crippen molar-refractivity contribution in [3.63, 3.8) is 0 Å². The van der Waals surface area contributed by atoms with Crippen molar-refractivity contribution < 1.29 is 9.59 Å². The molecule has 100 valence electrons. The molecule has 0 fully saturated rings. The fourth-order valence-corrected chi connectivity index (χ4v) is 2.42. The van der Waals surface area contributed by atoms with Crippen LogP contribution in [0.4, 0.5) is 11.4 Å². The van der Waals surface area contributed by atoms with Crippen molar-refractivity contribution in [2.45, 2.75) is 13.3 Å². The van der Waals surface area contributed by atoms with Crippen LogP contribution >= 0.6 is 11.6 Å². The highest BCUT2D eigenvalue weighted by atomic mass is 35.5. The molecule has 1 aromatic carbocycles. The van der Waals surface area contributed by atoms with Crippen molar-refractivity contribution >= 4 is 34.7 Å². The zero-order valence-electron chi connectivity index (χ0n) is 10.7. The van der Waals surface area contributed by atoms with E-state index in [2.05, 4.69) is 23.7 Å². The Labute approximate surface area is 117 Å². The molecule has 2 rings (SSSR count). The number of carbonyl (C=O) groups is 2. The third kappa shape index (κ3) is 2.49. The molecular weight excluding hydrogens is 264 g/mol. The molecule has 1 aliphatic rings. The number of nitrogens with zero attached hydrogens (tertiary/aromatic N) is 1. The molecular formula is C14H15ClN2O2. The summed E-state index contributed by atoms with van der Waals surface area (Å²) in [4.78, 5) is 25.0. The van der Waals surface area contributed by atoms with Gasteiger partial charge in [-0.2, -0.15) is 0 Å². The number of rotatable bonds is 5. The number of ketones is 1. The first-order valence-corrected chi connectivity index (χ1v) is 6.51.